The number of carbonyl (C=O) groups is 3. The van der Waals surface area contributed by atoms with Crippen molar-refractivity contribution in [1.29, 1.82) is 0 Å². The number of nitrogens with zero attached hydrogens (tertiary/aromatic N) is 2. The Morgan fingerprint density at radius 2 is 1.82 bits per heavy atom. The van der Waals surface area contributed by atoms with Crippen LogP contribution in [0.5, 0.6) is 0 Å². The highest BCUT2D eigenvalue weighted by atomic mass is 32.1. The Balaban J connectivity index is 1.36. The number of anilines is 2. The number of carbonyl (C=O) groups excluding carboxylic acids is 3. The Morgan fingerprint density at radius 1 is 1.12 bits per heavy atom. The number of fused-ring (bicyclic) bond motifs is 1. The molecule has 34 heavy (non-hydrogen) atoms. The first-order chi connectivity index (χ1) is 16.4. The van der Waals surface area contributed by atoms with Crippen molar-refractivity contribution >= 4 is 39.7 Å². The molecule has 1 aromatic heterocycles. The van der Waals surface area contributed by atoms with Gasteiger partial charge in [0.05, 0.1) is 18.7 Å². The summed E-state index contributed by atoms with van der Waals surface area (Å²) in [5.41, 5.74) is 3.42. The van der Waals surface area contributed by atoms with Crippen LogP contribution in [0.3, 0.4) is 0 Å². The van der Waals surface area contributed by atoms with Gasteiger partial charge in [-0.05, 0) is 68.9 Å². The molecule has 1 fully saturated rings. The first-order valence-electron chi connectivity index (χ1n) is 12.1. The van der Waals surface area contributed by atoms with Gasteiger partial charge >= 0.3 is 5.97 Å². The van der Waals surface area contributed by atoms with Crippen LogP contribution >= 0.6 is 11.3 Å². The van der Waals surface area contributed by atoms with Gasteiger partial charge in [-0.2, -0.15) is 0 Å². The van der Waals surface area contributed by atoms with Crippen molar-refractivity contribution in [3.05, 3.63) is 45.8 Å². The summed E-state index contributed by atoms with van der Waals surface area (Å²) in [6.07, 6.45) is 2.84. The number of benzene rings is 1. The zero-order chi connectivity index (χ0) is 24.2. The summed E-state index contributed by atoms with van der Waals surface area (Å²) in [4.78, 5) is 42.7. The minimum absolute atomic E-state index is 0.0644. The van der Waals surface area contributed by atoms with E-state index in [0.29, 0.717) is 35.2 Å². The van der Waals surface area contributed by atoms with Crippen LogP contribution in [0, 0.1) is 5.92 Å². The number of amides is 1. The largest absolute Gasteiger partial charge is 0.462 e. The molecule has 0 radical (unpaired) electrons. The SMILES string of the molecule is CCOC(=O)c1c(NC(=O)CN2CCN(c3ccc(C(C)=O)cc3)CC2)sc2c1CCC(C)C2. The van der Waals surface area contributed by atoms with E-state index in [2.05, 4.69) is 22.0 Å². The lowest BCUT2D eigenvalue weighted by atomic mass is 9.88. The van der Waals surface area contributed by atoms with Crippen molar-refractivity contribution in [1.82, 2.24) is 4.90 Å². The van der Waals surface area contributed by atoms with Gasteiger partial charge in [0, 0.05) is 42.3 Å². The van der Waals surface area contributed by atoms with E-state index in [9.17, 15) is 14.4 Å². The molecular weight excluding hydrogens is 450 g/mol. The van der Waals surface area contributed by atoms with Crippen LogP contribution < -0.4 is 10.2 Å². The second kappa shape index (κ2) is 10.7. The summed E-state index contributed by atoms with van der Waals surface area (Å²) >= 11 is 1.53. The summed E-state index contributed by atoms with van der Waals surface area (Å²) in [7, 11) is 0. The molecule has 0 bridgehead atoms. The van der Waals surface area contributed by atoms with Gasteiger partial charge in [0.25, 0.3) is 0 Å². The second-order valence-electron chi connectivity index (χ2n) is 9.19. The van der Waals surface area contributed by atoms with Crippen molar-refractivity contribution in [3.8, 4) is 0 Å². The van der Waals surface area contributed by atoms with E-state index in [4.69, 9.17) is 4.74 Å². The molecule has 1 N–H and O–H groups in total. The smallest absolute Gasteiger partial charge is 0.341 e. The quantitative estimate of drug-likeness (QED) is 0.474. The maximum atomic E-state index is 12.9. The number of esters is 1. The summed E-state index contributed by atoms with van der Waals surface area (Å²) in [5, 5.41) is 3.65. The number of ketones is 1. The lowest BCUT2D eigenvalue weighted by Crippen LogP contribution is -2.48. The molecule has 182 valence electrons. The van der Waals surface area contributed by atoms with Crippen molar-refractivity contribution in [2.24, 2.45) is 5.92 Å². The molecule has 2 aromatic rings. The molecule has 7 nitrogen and oxygen atoms in total. The van der Waals surface area contributed by atoms with E-state index in [-0.39, 0.29) is 17.7 Å². The number of nitrogens with one attached hydrogen (secondary N) is 1. The van der Waals surface area contributed by atoms with E-state index in [1.54, 1.807) is 13.8 Å². The van der Waals surface area contributed by atoms with Gasteiger partial charge in [-0.15, -0.1) is 11.3 Å². The Morgan fingerprint density at radius 3 is 2.47 bits per heavy atom. The molecular formula is C26H33N3O4S. The second-order valence-corrected chi connectivity index (χ2v) is 10.3. The van der Waals surface area contributed by atoms with Crippen LogP contribution in [0.1, 0.15) is 58.3 Å². The van der Waals surface area contributed by atoms with Gasteiger partial charge in [-0.3, -0.25) is 14.5 Å². The molecule has 8 heteroatoms. The first kappa shape index (κ1) is 24.4. The van der Waals surface area contributed by atoms with Crippen molar-refractivity contribution < 1.29 is 19.1 Å². The van der Waals surface area contributed by atoms with Gasteiger partial charge in [-0.1, -0.05) is 6.92 Å². The third kappa shape index (κ3) is 5.50. The van der Waals surface area contributed by atoms with Gasteiger partial charge in [0.1, 0.15) is 5.00 Å². The zero-order valence-electron chi connectivity index (χ0n) is 20.2. The van der Waals surface area contributed by atoms with E-state index >= 15 is 0 Å². The third-order valence-corrected chi connectivity index (χ3v) is 7.79. The van der Waals surface area contributed by atoms with Crippen molar-refractivity contribution in [3.63, 3.8) is 0 Å². The van der Waals surface area contributed by atoms with Crippen LogP contribution in [-0.4, -0.2) is 61.9 Å². The van der Waals surface area contributed by atoms with Crippen LogP contribution in [0.15, 0.2) is 24.3 Å². The molecule has 1 unspecified atom stereocenters. The van der Waals surface area contributed by atoms with Crippen LogP contribution in [0.4, 0.5) is 10.7 Å². The van der Waals surface area contributed by atoms with E-state index < -0.39 is 0 Å². The average Bonchev–Trinajstić information content (AvgIpc) is 3.16. The predicted molar refractivity (Wildman–Crippen MR) is 135 cm³/mol. The average molecular weight is 484 g/mol. The number of thiophene rings is 1. The molecule has 0 saturated carbocycles. The summed E-state index contributed by atoms with van der Waals surface area (Å²) < 4.78 is 5.31. The maximum Gasteiger partial charge on any atom is 0.341 e. The molecule has 1 amide bonds. The summed E-state index contributed by atoms with van der Waals surface area (Å²) in [6.45, 7) is 9.36. The fraction of sp³-hybridized carbons (Fsp3) is 0.500. The third-order valence-electron chi connectivity index (χ3n) is 6.62. The van der Waals surface area contributed by atoms with E-state index in [1.165, 1.54) is 16.2 Å². The number of hydrogen-bond acceptors (Lipinski definition) is 7. The Labute approximate surface area is 205 Å². The number of Topliss-reactive ketones (excluding diaryl/α,β-unsaturated/α-hetero) is 1. The molecule has 2 aliphatic rings. The number of rotatable bonds is 7. The lowest BCUT2D eigenvalue weighted by Gasteiger charge is -2.35. The molecule has 2 heterocycles. The normalized spacial score (nSPS) is 18.3. The molecule has 1 saturated heterocycles. The lowest BCUT2D eigenvalue weighted by molar-refractivity contribution is -0.117. The fourth-order valence-corrected chi connectivity index (χ4v) is 6.11. The molecule has 0 spiro atoms. The maximum absolute atomic E-state index is 12.9. The van der Waals surface area contributed by atoms with Crippen LogP contribution in [-0.2, 0) is 22.4 Å². The fourth-order valence-electron chi connectivity index (χ4n) is 4.70. The van der Waals surface area contributed by atoms with Gasteiger partial charge in [-0.25, -0.2) is 4.79 Å². The van der Waals surface area contributed by atoms with Gasteiger partial charge < -0.3 is 15.0 Å². The Bertz CT molecular complexity index is 1050. The number of hydrogen-bond donors (Lipinski definition) is 1. The monoisotopic (exact) mass is 483 g/mol. The van der Waals surface area contributed by atoms with Gasteiger partial charge in [0.15, 0.2) is 5.78 Å². The first-order valence-corrected chi connectivity index (χ1v) is 12.9. The minimum atomic E-state index is -0.339. The summed E-state index contributed by atoms with van der Waals surface area (Å²) in [5.74, 6) is 0.208. The molecule has 1 aliphatic heterocycles. The number of ether oxygens (including phenoxy) is 1. The number of piperazine rings is 1. The van der Waals surface area contributed by atoms with E-state index in [0.717, 1.165) is 56.7 Å². The molecule has 1 aromatic carbocycles. The van der Waals surface area contributed by atoms with Crippen molar-refractivity contribution in [2.75, 3.05) is 49.5 Å². The highest BCUT2D eigenvalue weighted by molar-refractivity contribution is 7.17. The molecule has 4 rings (SSSR count). The Kier molecular flexibility index (Phi) is 7.68. The minimum Gasteiger partial charge on any atom is -0.462 e. The highest BCUT2D eigenvalue weighted by Crippen LogP contribution is 2.40. The standard InChI is InChI=1S/C26H33N3O4S/c1-4-33-26(32)24-21-10-5-17(2)15-22(21)34-25(24)27-23(31)16-28-11-13-29(14-12-28)20-8-6-19(7-9-20)18(3)30/h6-9,17H,4-5,10-16H2,1-3H3,(H,27,31). The molecule has 1 aliphatic carbocycles. The van der Waals surface area contributed by atoms with Crippen molar-refractivity contribution in [2.45, 2.75) is 40.0 Å². The highest BCUT2D eigenvalue weighted by Gasteiger charge is 2.29. The predicted octanol–water partition coefficient (Wildman–Crippen LogP) is 4.01. The van der Waals surface area contributed by atoms with Gasteiger partial charge in [0.2, 0.25) is 5.91 Å². The zero-order valence-corrected chi connectivity index (χ0v) is 21.0. The van der Waals surface area contributed by atoms with Crippen LogP contribution in [0.25, 0.3) is 0 Å². The van der Waals surface area contributed by atoms with E-state index in [1.807, 2.05) is 24.3 Å². The summed E-state index contributed by atoms with van der Waals surface area (Å²) in [6, 6.07) is 7.69. The topological polar surface area (TPSA) is 79.0 Å². The molecule has 1 atom stereocenters. The Hall–Kier alpha value is -2.71. The van der Waals surface area contributed by atoms with Crippen LogP contribution in [0.2, 0.25) is 0 Å².